The third kappa shape index (κ3) is 3.76. The summed E-state index contributed by atoms with van der Waals surface area (Å²) in [6, 6.07) is 20.0. The minimum absolute atomic E-state index is 0.697. The van der Waals surface area contributed by atoms with Crippen LogP contribution in [0.5, 0.6) is 5.75 Å². The molecule has 0 aliphatic carbocycles. The molecule has 0 atom stereocenters. The third-order valence-electron chi connectivity index (χ3n) is 4.25. The molecule has 0 saturated carbocycles. The first-order chi connectivity index (χ1) is 12.8. The van der Waals surface area contributed by atoms with Gasteiger partial charge in [-0.25, -0.2) is 4.98 Å². The summed E-state index contributed by atoms with van der Waals surface area (Å²) in [6.45, 7) is 1.63. The Hall–Kier alpha value is -2.30. The van der Waals surface area contributed by atoms with Gasteiger partial charge in [0.05, 0.1) is 22.5 Å². The van der Waals surface area contributed by atoms with E-state index >= 15 is 0 Å². The molecule has 0 aliphatic heterocycles. The zero-order valence-corrected chi connectivity index (χ0v) is 15.8. The number of imidazole rings is 1. The Morgan fingerprint density at radius 1 is 0.962 bits per heavy atom. The number of fused-ring (bicyclic) bond motifs is 1. The molecule has 0 bridgehead atoms. The highest BCUT2D eigenvalue weighted by molar-refractivity contribution is 7.13. The fourth-order valence-corrected chi connectivity index (χ4v) is 3.84. The van der Waals surface area contributed by atoms with Crippen LogP contribution in [0.25, 0.3) is 21.7 Å². The Bertz CT molecular complexity index is 977. The highest BCUT2D eigenvalue weighted by atomic mass is 35.5. The van der Waals surface area contributed by atoms with E-state index in [1.54, 1.807) is 11.3 Å². The molecule has 2 aromatic heterocycles. The molecule has 2 aromatic carbocycles. The molecule has 26 heavy (non-hydrogen) atoms. The Balaban J connectivity index is 1.42. The summed E-state index contributed by atoms with van der Waals surface area (Å²) in [5.41, 5.74) is 2.24. The van der Waals surface area contributed by atoms with E-state index in [1.807, 2.05) is 30.3 Å². The number of rotatable bonds is 7. The van der Waals surface area contributed by atoms with Crippen molar-refractivity contribution in [1.82, 2.24) is 9.55 Å². The monoisotopic (exact) mass is 382 g/mol. The van der Waals surface area contributed by atoms with E-state index < -0.39 is 0 Å². The number of aryl methyl sites for hydroxylation is 1. The molecular formula is C21H19ClN2OS. The predicted molar refractivity (Wildman–Crippen MR) is 109 cm³/mol. The van der Waals surface area contributed by atoms with E-state index in [0.717, 1.165) is 41.5 Å². The molecule has 0 aliphatic rings. The molecule has 2 heterocycles. The Morgan fingerprint density at radius 2 is 1.81 bits per heavy atom. The number of hydrogen-bond donors (Lipinski definition) is 0. The zero-order valence-electron chi connectivity index (χ0n) is 14.3. The van der Waals surface area contributed by atoms with Gasteiger partial charge in [-0.05, 0) is 60.7 Å². The molecule has 0 radical (unpaired) electrons. The number of ether oxygens (including phenoxy) is 1. The number of nitrogens with zero attached hydrogens (tertiary/aromatic N) is 2. The summed E-state index contributed by atoms with van der Waals surface area (Å²) in [4.78, 5) is 6.05. The number of hydrogen-bond acceptors (Lipinski definition) is 3. The van der Waals surface area contributed by atoms with Crippen molar-refractivity contribution in [3.8, 4) is 16.5 Å². The third-order valence-corrected chi connectivity index (χ3v) is 5.37. The first-order valence-corrected chi connectivity index (χ1v) is 9.94. The van der Waals surface area contributed by atoms with E-state index in [0.29, 0.717) is 6.61 Å². The topological polar surface area (TPSA) is 27.1 Å². The maximum absolute atomic E-state index is 5.89. The van der Waals surface area contributed by atoms with Crippen molar-refractivity contribution in [3.63, 3.8) is 0 Å². The minimum atomic E-state index is 0.697. The van der Waals surface area contributed by atoms with Gasteiger partial charge in [-0.15, -0.1) is 11.3 Å². The number of unbranched alkanes of at least 4 members (excludes halogenated alkanes) is 1. The highest BCUT2D eigenvalue weighted by Gasteiger charge is 2.12. The van der Waals surface area contributed by atoms with E-state index in [-0.39, 0.29) is 0 Å². The SMILES string of the molecule is Clc1ccc(OCCCCn2c(-c3cccs3)nc3ccccc32)cc1. The number of benzene rings is 2. The summed E-state index contributed by atoms with van der Waals surface area (Å²) < 4.78 is 8.11. The first-order valence-electron chi connectivity index (χ1n) is 8.69. The number of halogens is 1. The zero-order chi connectivity index (χ0) is 17.8. The van der Waals surface area contributed by atoms with E-state index in [1.165, 1.54) is 10.4 Å². The summed E-state index contributed by atoms with van der Waals surface area (Å²) in [6.07, 6.45) is 2.02. The molecule has 0 saturated heterocycles. The summed E-state index contributed by atoms with van der Waals surface area (Å²) in [5.74, 6) is 1.92. The molecule has 3 nitrogen and oxygen atoms in total. The fraction of sp³-hybridized carbons (Fsp3) is 0.190. The molecule has 0 amide bonds. The van der Waals surface area contributed by atoms with Crippen molar-refractivity contribution in [2.24, 2.45) is 0 Å². The molecule has 0 unspecified atom stereocenters. The fourth-order valence-electron chi connectivity index (χ4n) is 2.99. The summed E-state index contributed by atoms with van der Waals surface area (Å²) in [7, 11) is 0. The molecule has 0 N–H and O–H groups in total. The van der Waals surface area contributed by atoms with Crippen LogP contribution in [0.15, 0.2) is 66.0 Å². The second kappa shape index (κ2) is 7.94. The van der Waals surface area contributed by atoms with Gasteiger partial charge in [-0.3, -0.25) is 0 Å². The van der Waals surface area contributed by atoms with Crippen molar-refractivity contribution in [1.29, 1.82) is 0 Å². The standard InChI is InChI=1S/C21H19ClN2OS/c22-16-9-11-17(12-10-16)25-14-4-3-13-24-19-7-2-1-6-18(19)23-21(24)20-8-5-15-26-20/h1-2,5-12,15H,3-4,13-14H2. The quantitative estimate of drug-likeness (QED) is 0.352. The number of para-hydroxylation sites is 2. The average molecular weight is 383 g/mol. The largest absolute Gasteiger partial charge is 0.494 e. The van der Waals surface area contributed by atoms with Gasteiger partial charge in [0, 0.05) is 11.6 Å². The van der Waals surface area contributed by atoms with Gasteiger partial charge in [-0.2, -0.15) is 0 Å². The second-order valence-corrected chi connectivity index (χ2v) is 7.45. The number of aromatic nitrogens is 2. The highest BCUT2D eigenvalue weighted by Crippen LogP contribution is 2.28. The Labute approximate surface area is 161 Å². The van der Waals surface area contributed by atoms with Gasteiger partial charge >= 0.3 is 0 Å². The predicted octanol–water partition coefficient (Wildman–Crippen LogP) is 6.28. The van der Waals surface area contributed by atoms with Crippen molar-refractivity contribution in [3.05, 3.63) is 71.1 Å². The van der Waals surface area contributed by atoms with Gasteiger partial charge in [0.2, 0.25) is 0 Å². The second-order valence-electron chi connectivity index (χ2n) is 6.06. The number of thiophene rings is 1. The van der Waals surface area contributed by atoms with E-state index in [4.69, 9.17) is 21.3 Å². The van der Waals surface area contributed by atoms with Crippen molar-refractivity contribution >= 4 is 34.0 Å². The smallest absolute Gasteiger partial charge is 0.151 e. The molecule has 5 heteroatoms. The molecule has 4 aromatic rings. The lowest BCUT2D eigenvalue weighted by atomic mass is 10.3. The van der Waals surface area contributed by atoms with E-state index in [9.17, 15) is 0 Å². The molecule has 0 fully saturated rings. The first kappa shape index (κ1) is 17.1. The lowest BCUT2D eigenvalue weighted by Gasteiger charge is -2.09. The lowest BCUT2D eigenvalue weighted by molar-refractivity contribution is 0.303. The van der Waals surface area contributed by atoms with Gasteiger partial charge < -0.3 is 9.30 Å². The molecule has 132 valence electrons. The van der Waals surface area contributed by atoms with Crippen LogP contribution in [0.4, 0.5) is 0 Å². The average Bonchev–Trinajstić information content (AvgIpc) is 3.31. The van der Waals surface area contributed by atoms with Gasteiger partial charge in [0.25, 0.3) is 0 Å². The van der Waals surface area contributed by atoms with Crippen LogP contribution >= 0.6 is 22.9 Å². The maximum Gasteiger partial charge on any atom is 0.151 e. The summed E-state index contributed by atoms with van der Waals surface area (Å²) >= 11 is 7.62. The van der Waals surface area contributed by atoms with Crippen molar-refractivity contribution in [2.45, 2.75) is 19.4 Å². The normalized spacial score (nSPS) is 11.1. The van der Waals surface area contributed by atoms with E-state index in [2.05, 4.69) is 40.3 Å². The van der Waals surface area contributed by atoms with Crippen LogP contribution in [0.1, 0.15) is 12.8 Å². The van der Waals surface area contributed by atoms with Crippen LogP contribution < -0.4 is 4.74 Å². The molecular weight excluding hydrogens is 364 g/mol. The lowest BCUT2D eigenvalue weighted by Crippen LogP contribution is -2.03. The maximum atomic E-state index is 5.89. The Morgan fingerprint density at radius 3 is 2.62 bits per heavy atom. The van der Waals surface area contributed by atoms with Gasteiger partial charge in [0.15, 0.2) is 5.82 Å². The van der Waals surface area contributed by atoms with Crippen molar-refractivity contribution < 1.29 is 4.74 Å². The van der Waals surface area contributed by atoms with Crippen LogP contribution in [0.2, 0.25) is 5.02 Å². The molecule has 0 spiro atoms. The van der Waals surface area contributed by atoms with Crippen LogP contribution in [-0.4, -0.2) is 16.2 Å². The van der Waals surface area contributed by atoms with Crippen LogP contribution in [0, 0.1) is 0 Å². The Kier molecular flexibility index (Phi) is 5.23. The molecule has 4 rings (SSSR count). The van der Waals surface area contributed by atoms with Crippen LogP contribution in [-0.2, 0) is 6.54 Å². The van der Waals surface area contributed by atoms with Gasteiger partial charge in [-0.1, -0.05) is 29.8 Å². The van der Waals surface area contributed by atoms with Gasteiger partial charge in [0.1, 0.15) is 5.75 Å². The minimum Gasteiger partial charge on any atom is -0.494 e. The van der Waals surface area contributed by atoms with Crippen LogP contribution in [0.3, 0.4) is 0 Å². The summed E-state index contributed by atoms with van der Waals surface area (Å²) in [5, 5.41) is 2.82. The van der Waals surface area contributed by atoms with Crippen molar-refractivity contribution in [2.75, 3.05) is 6.61 Å².